The van der Waals surface area contributed by atoms with Crippen LogP contribution in [-0.4, -0.2) is 35.8 Å². The van der Waals surface area contributed by atoms with E-state index in [1.165, 1.54) is 28.3 Å². The molecule has 0 spiro atoms. The van der Waals surface area contributed by atoms with Gasteiger partial charge >= 0.3 is 18.1 Å². The molecule has 5 rings (SSSR count). The molecule has 2 aromatic carbocycles. The third-order valence-electron chi connectivity index (χ3n) is 6.78. The number of aromatic nitrogens is 4. The van der Waals surface area contributed by atoms with Crippen LogP contribution in [-0.2, 0) is 20.1 Å². The highest BCUT2D eigenvalue weighted by Crippen LogP contribution is 2.35. The van der Waals surface area contributed by atoms with Crippen LogP contribution in [0.5, 0.6) is 17.5 Å². The van der Waals surface area contributed by atoms with Crippen LogP contribution in [0, 0.1) is 0 Å². The molecule has 1 aliphatic rings. The summed E-state index contributed by atoms with van der Waals surface area (Å²) in [6.45, 7) is 0.0935. The van der Waals surface area contributed by atoms with Crippen molar-refractivity contribution < 1.29 is 27.8 Å². The Morgan fingerprint density at radius 2 is 1.77 bits per heavy atom. The van der Waals surface area contributed by atoms with E-state index in [0.29, 0.717) is 17.9 Å². The Balaban J connectivity index is 1.61. The van der Waals surface area contributed by atoms with Gasteiger partial charge in [-0.15, -0.1) is 13.2 Å². The van der Waals surface area contributed by atoms with Gasteiger partial charge in [0.05, 0.1) is 12.1 Å². The lowest BCUT2D eigenvalue weighted by Crippen LogP contribution is -2.43. The molecule has 0 radical (unpaired) electrons. The van der Waals surface area contributed by atoms with E-state index in [-0.39, 0.29) is 42.4 Å². The minimum absolute atomic E-state index is 0.0110. The van der Waals surface area contributed by atoms with Crippen molar-refractivity contribution in [3.8, 4) is 17.5 Å². The van der Waals surface area contributed by atoms with Crippen molar-refractivity contribution in [1.82, 2.24) is 18.7 Å². The van der Waals surface area contributed by atoms with Crippen LogP contribution in [0.25, 0.3) is 11.2 Å². The van der Waals surface area contributed by atoms with Gasteiger partial charge < -0.3 is 14.6 Å². The van der Waals surface area contributed by atoms with Gasteiger partial charge in [0.2, 0.25) is 0 Å². The summed E-state index contributed by atoms with van der Waals surface area (Å²) < 4.78 is 51.7. The molecule has 1 saturated carbocycles. The number of aryl methyl sites for hydroxylation is 1. The number of imidazole rings is 1. The Morgan fingerprint density at radius 3 is 2.41 bits per heavy atom. The number of nitrogens with zero attached hydrogens (tertiary/aromatic N) is 4. The lowest BCUT2D eigenvalue weighted by molar-refractivity contribution is -0.274. The van der Waals surface area contributed by atoms with Gasteiger partial charge in [-0.25, -0.2) is 4.79 Å². The average molecular weight is 565 g/mol. The summed E-state index contributed by atoms with van der Waals surface area (Å²) >= 11 is 6.01. The summed E-state index contributed by atoms with van der Waals surface area (Å²) in [5.41, 5.74) is -1.32. The van der Waals surface area contributed by atoms with Crippen LogP contribution in [0.4, 0.5) is 13.2 Å². The van der Waals surface area contributed by atoms with Crippen LogP contribution in [0.15, 0.2) is 58.1 Å². The molecule has 4 aromatic rings. The van der Waals surface area contributed by atoms with Crippen molar-refractivity contribution in [3.63, 3.8) is 0 Å². The van der Waals surface area contributed by atoms with Crippen molar-refractivity contribution in [3.05, 3.63) is 80.0 Å². The predicted octanol–water partition coefficient (Wildman–Crippen LogP) is 4.59. The SMILES string of the molecule is Cn1c(=O)n(CCC2(O)CCC2)c(=O)c2c1nc(Oc1cccc(OC(F)(F)F)c1)n2Cc1ccc(Cl)cc1. The van der Waals surface area contributed by atoms with E-state index in [9.17, 15) is 27.9 Å². The molecule has 2 heterocycles. The van der Waals surface area contributed by atoms with E-state index in [1.54, 1.807) is 24.3 Å². The quantitative estimate of drug-likeness (QED) is 0.336. The van der Waals surface area contributed by atoms with Crippen LogP contribution in [0.1, 0.15) is 31.2 Å². The van der Waals surface area contributed by atoms with Crippen molar-refractivity contribution in [2.24, 2.45) is 7.05 Å². The zero-order valence-corrected chi connectivity index (χ0v) is 21.5. The van der Waals surface area contributed by atoms with E-state index < -0.39 is 29.0 Å². The minimum atomic E-state index is -4.89. The number of hydrogen-bond acceptors (Lipinski definition) is 6. The van der Waals surface area contributed by atoms with Crippen LogP contribution >= 0.6 is 11.6 Å². The number of halogens is 4. The topological polar surface area (TPSA) is 101 Å². The summed E-state index contributed by atoms with van der Waals surface area (Å²) in [4.78, 5) is 31.1. The molecule has 1 aliphatic carbocycles. The molecule has 206 valence electrons. The Morgan fingerprint density at radius 1 is 1.08 bits per heavy atom. The number of hydrogen-bond donors (Lipinski definition) is 1. The highest BCUT2D eigenvalue weighted by atomic mass is 35.5. The van der Waals surface area contributed by atoms with E-state index in [0.717, 1.165) is 28.7 Å². The maximum absolute atomic E-state index is 13.7. The van der Waals surface area contributed by atoms with Crippen LogP contribution in [0.3, 0.4) is 0 Å². The second kappa shape index (κ2) is 10.1. The van der Waals surface area contributed by atoms with Crippen molar-refractivity contribution in [1.29, 1.82) is 0 Å². The summed E-state index contributed by atoms with van der Waals surface area (Å²) in [6.07, 6.45) is -2.56. The first-order valence-electron chi connectivity index (χ1n) is 12.1. The highest BCUT2D eigenvalue weighted by molar-refractivity contribution is 6.30. The molecule has 1 fully saturated rings. The molecule has 0 aliphatic heterocycles. The maximum Gasteiger partial charge on any atom is 0.573 e. The first kappa shape index (κ1) is 26.8. The molecule has 0 bridgehead atoms. The molecule has 0 atom stereocenters. The number of fused-ring (bicyclic) bond motifs is 1. The Hall–Kier alpha value is -3.77. The molecular weight excluding hydrogens is 541 g/mol. The van der Waals surface area contributed by atoms with Gasteiger partial charge in [0.25, 0.3) is 5.56 Å². The molecule has 0 amide bonds. The summed E-state index contributed by atoms with van der Waals surface area (Å²) in [5.74, 6) is -0.522. The molecule has 0 unspecified atom stereocenters. The third kappa shape index (κ3) is 5.66. The summed E-state index contributed by atoms with van der Waals surface area (Å²) in [5, 5.41) is 11.0. The van der Waals surface area contributed by atoms with Crippen molar-refractivity contribution in [2.45, 2.75) is 50.7 Å². The number of benzene rings is 2. The lowest BCUT2D eigenvalue weighted by atomic mass is 9.78. The number of ether oxygens (including phenoxy) is 2. The minimum Gasteiger partial charge on any atom is -0.425 e. The second-order valence-electron chi connectivity index (χ2n) is 9.53. The van der Waals surface area contributed by atoms with E-state index in [2.05, 4.69) is 9.72 Å². The van der Waals surface area contributed by atoms with E-state index in [4.69, 9.17) is 16.3 Å². The average Bonchev–Trinajstić information content (AvgIpc) is 3.20. The van der Waals surface area contributed by atoms with Gasteiger partial charge in [-0.2, -0.15) is 4.98 Å². The maximum atomic E-state index is 13.7. The number of rotatable bonds is 8. The van der Waals surface area contributed by atoms with Crippen LogP contribution < -0.4 is 20.7 Å². The fourth-order valence-corrected chi connectivity index (χ4v) is 4.67. The number of alkyl halides is 3. The lowest BCUT2D eigenvalue weighted by Gasteiger charge is -2.36. The molecule has 0 saturated heterocycles. The zero-order chi connectivity index (χ0) is 27.9. The van der Waals surface area contributed by atoms with Crippen LogP contribution in [0.2, 0.25) is 5.02 Å². The zero-order valence-electron chi connectivity index (χ0n) is 20.7. The summed E-state index contributed by atoms with van der Waals surface area (Å²) in [6, 6.07) is 11.6. The molecule has 2 aromatic heterocycles. The Kier molecular flexibility index (Phi) is 6.93. The summed E-state index contributed by atoms with van der Waals surface area (Å²) in [7, 11) is 1.46. The van der Waals surface area contributed by atoms with Crippen molar-refractivity contribution in [2.75, 3.05) is 0 Å². The van der Waals surface area contributed by atoms with Gasteiger partial charge in [-0.05, 0) is 55.5 Å². The van der Waals surface area contributed by atoms with E-state index >= 15 is 0 Å². The fraction of sp³-hybridized carbons (Fsp3) is 0.346. The standard InChI is InChI=1S/C26H24ClF3N4O5/c1-32-21-20(22(35)33(24(32)36)13-12-25(37)10-3-11-25)34(15-16-6-8-17(27)9-7-16)23(31-21)38-18-4-2-5-19(14-18)39-26(28,29)30/h2,4-9,14,37H,3,10-13,15H2,1H3. The normalized spacial score (nSPS) is 14.8. The molecule has 13 heteroatoms. The predicted molar refractivity (Wildman–Crippen MR) is 136 cm³/mol. The van der Waals surface area contributed by atoms with Gasteiger partial charge in [0.15, 0.2) is 11.2 Å². The van der Waals surface area contributed by atoms with Gasteiger partial charge in [0, 0.05) is 24.7 Å². The van der Waals surface area contributed by atoms with Gasteiger partial charge in [-0.1, -0.05) is 29.8 Å². The monoisotopic (exact) mass is 564 g/mol. The van der Waals surface area contributed by atoms with E-state index in [1.807, 2.05) is 0 Å². The number of aliphatic hydroxyl groups is 1. The van der Waals surface area contributed by atoms with Gasteiger partial charge in [0.1, 0.15) is 11.5 Å². The molecular formula is C26H24ClF3N4O5. The van der Waals surface area contributed by atoms with Gasteiger partial charge in [-0.3, -0.25) is 18.5 Å². The Bertz CT molecular complexity index is 1640. The first-order chi connectivity index (χ1) is 18.4. The largest absolute Gasteiger partial charge is 0.573 e. The highest BCUT2D eigenvalue weighted by Gasteiger charge is 2.34. The molecule has 39 heavy (non-hydrogen) atoms. The second-order valence-corrected chi connectivity index (χ2v) is 9.97. The first-order valence-corrected chi connectivity index (χ1v) is 12.5. The Labute approximate surface area is 224 Å². The third-order valence-corrected chi connectivity index (χ3v) is 7.04. The smallest absolute Gasteiger partial charge is 0.425 e. The fourth-order valence-electron chi connectivity index (χ4n) is 4.54. The molecule has 1 N–H and O–H groups in total. The molecule has 9 nitrogen and oxygen atoms in total. The van der Waals surface area contributed by atoms with Crippen molar-refractivity contribution >= 4 is 22.8 Å².